The molecule has 8 nitrogen and oxygen atoms in total. The van der Waals surface area contributed by atoms with Gasteiger partial charge >= 0.3 is 0 Å². The minimum absolute atomic E-state index is 0.123. The lowest BCUT2D eigenvalue weighted by molar-refractivity contribution is 0.102. The molecule has 2 aromatic rings. The summed E-state index contributed by atoms with van der Waals surface area (Å²) in [5, 5.41) is 13.7. The third kappa shape index (κ3) is 2.79. The maximum Gasteiger partial charge on any atom is 0.270 e. The monoisotopic (exact) mass is 262 g/mol. The molecule has 100 valence electrons. The molecule has 0 aliphatic carbocycles. The Morgan fingerprint density at radius 2 is 2.32 bits per heavy atom. The average molecular weight is 262 g/mol. The zero-order chi connectivity index (χ0) is 13.8. The molecule has 8 heteroatoms. The number of carbonyl (C=O) groups is 1. The number of anilines is 2. The van der Waals surface area contributed by atoms with E-state index >= 15 is 0 Å². The zero-order valence-electron chi connectivity index (χ0n) is 10.6. The number of ether oxygens (including phenoxy) is 1. The van der Waals surface area contributed by atoms with Crippen molar-refractivity contribution in [3.05, 3.63) is 23.8 Å². The Morgan fingerprint density at radius 1 is 1.53 bits per heavy atom. The van der Waals surface area contributed by atoms with Crippen molar-refractivity contribution < 1.29 is 9.53 Å². The van der Waals surface area contributed by atoms with Crippen LogP contribution in [-0.4, -0.2) is 32.7 Å². The number of para-hydroxylation sites is 1. The molecule has 0 radical (unpaired) electrons. The van der Waals surface area contributed by atoms with Crippen molar-refractivity contribution in [2.24, 2.45) is 7.05 Å². The Bertz CT molecular complexity index is 595. The van der Waals surface area contributed by atoms with Crippen LogP contribution in [-0.2, 0) is 7.05 Å². The van der Waals surface area contributed by atoms with Crippen molar-refractivity contribution in [3.8, 4) is 5.75 Å². The van der Waals surface area contributed by atoms with E-state index in [1.165, 1.54) is 4.80 Å². The summed E-state index contributed by atoms with van der Waals surface area (Å²) in [5.41, 5.74) is 6.52. The Hall–Kier alpha value is -2.64. The molecule has 0 fully saturated rings. The van der Waals surface area contributed by atoms with Gasteiger partial charge in [0.2, 0.25) is 0 Å². The quantitative estimate of drug-likeness (QED) is 0.774. The lowest BCUT2D eigenvalue weighted by Crippen LogP contribution is -2.15. The average Bonchev–Trinajstić information content (AvgIpc) is 2.77. The fraction of sp³-hybridized carbons (Fsp3) is 0.273. The van der Waals surface area contributed by atoms with Gasteiger partial charge in [0.15, 0.2) is 5.75 Å². The van der Waals surface area contributed by atoms with Crippen LogP contribution in [0.4, 0.5) is 11.6 Å². The number of tetrazole rings is 1. The fourth-order valence-electron chi connectivity index (χ4n) is 1.54. The van der Waals surface area contributed by atoms with Crippen LogP contribution < -0.4 is 15.8 Å². The topological polar surface area (TPSA) is 108 Å². The number of hydrogen-bond donors (Lipinski definition) is 2. The molecule has 1 aromatic carbocycles. The first-order valence-corrected chi connectivity index (χ1v) is 5.68. The third-order valence-electron chi connectivity index (χ3n) is 2.31. The first-order valence-electron chi connectivity index (χ1n) is 5.68. The van der Waals surface area contributed by atoms with E-state index in [1.54, 1.807) is 25.2 Å². The van der Waals surface area contributed by atoms with Crippen LogP contribution in [0.15, 0.2) is 18.2 Å². The highest BCUT2D eigenvalue weighted by molar-refractivity contribution is 6.06. The second-order valence-electron chi connectivity index (χ2n) is 3.71. The fourth-order valence-corrected chi connectivity index (χ4v) is 1.54. The number of nitrogens with two attached hydrogens (primary N) is 1. The van der Waals surface area contributed by atoms with E-state index in [4.69, 9.17) is 10.5 Å². The third-order valence-corrected chi connectivity index (χ3v) is 2.31. The Kier molecular flexibility index (Phi) is 3.60. The van der Waals surface area contributed by atoms with Crippen LogP contribution in [0.1, 0.15) is 17.3 Å². The van der Waals surface area contributed by atoms with Gasteiger partial charge in [0, 0.05) is 0 Å². The van der Waals surface area contributed by atoms with Crippen LogP contribution in [0.5, 0.6) is 5.75 Å². The number of rotatable bonds is 4. The van der Waals surface area contributed by atoms with Gasteiger partial charge in [0.1, 0.15) is 0 Å². The molecule has 1 amide bonds. The number of hydrogen-bond acceptors (Lipinski definition) is 6. The van der Waals surface area contributed by atoms with E-state index in [1.807, 2.05) is 6.92 Å². The van der Waals surface area contributed by atoms with Crippen LogP contribution in [0.3, 0.4) is 0 Å². The molecule has 0 saturated carbocycles. The maximum absolute atomic E-state index is 12.1. The van der Waals surface area contributed by atoms with Crippen LogP contribution >= 0.6 is 0 Å². The minimum Gasteiger partial charge on any atom is -0.491 e. The van der Waals surface area contributed by atoms with E-state index in [2.05, 4.69) is 20.7 Å². The van der Waals surface area contributed by atoms with Gasteiger partial charge in [-0.3, -0.25) is 10.1 Å². The van der Waals surface area contributed by atoms with E-state index < -0.39 is 5.91 Å². The summed E-state index contributed by atoms with van der Waals surface area (Å²) in [7, 11) is 1.61. The van der Waals surface area contributed by atoms with Gasteiger partial charge in [0.05, 0.1) is 24.9 Å². The number of nitrogens with zero attached hydrogens (tertiary/aromatic N) is 4. The molecule has 0 saturated heterocycles. The zero-order valence-corrected chi connectivity index (χ0v) is 10.6. The van der Waals surface area contributed by atoms with Crippen molar-refractivity contribution in [2.45, 2.75) is 6.92 Å². The summed E-state index contributed by atoms with van der Waals surface area (Å²) in [5.74, 6) is 0.0764. The lowest BCUT2D eigenvalue weighted by Gasteiger charge is -2.11. The summed E-state index contributed by atoms with van der Waals surface area (Å²) in [6.45, 7) is 2.23. The molecular formula is C11H14N6O2. The Morgan fingerprint density at radius 3 is 2.95 bits per heavy atom. The summed E-state index contributed by atoms with van der Waals surface area (Å²) in [4.78, 5) is 13.4. The molecule has 1 heterocycles. The molecule has 2 rings (SSSR count). The van der Waals surface area contributed by atoms with Gasteiger partial charge < -0.3 is 10.5 Å². The number of benzene rings is 1. The van der Waals surface area contributed by atoms with Gasteiger partial charge in [-0.05, 0) is 24.3 Å². The number of nitrogens with one attached hydrogen (secondary N) is 1. The molecule has 0 aliphatic rings. The first-order chi connectivity index (χ1) is 9.11. The van der Waals surface area contributed by atoms with Gasteiger partial charge in [-0.25, -0.2) is 0 Å². The highest BCUT2D eigenvalue weighted by Crippen LogP contribution is 2.26. The molecular weight excluding hydrogens is 248 g/mol. The number of amides is 1. The Balaban J connectivity index is 2.25. The van der Waals surface area contributed by atoms with Crippen LogP contribution in [0.2, 0.25) is 0 Å². The normalized spacial score (nSPS) is 10.2. The largest absolute Gasteiger partial charge is 0.491 e. The van der Waals surface area contributed by atoms with Gasteiger partial charge in [-0.1, -0.05) is 11.2 Å². The molecule has 0 aliphatic heterocycles. The molecule has 0 spiro atoms. The molecule has 0 atom stereocenters. The van der Waals surface area contributed by atoms with Crippen LogP contribution in [0.25, 0.3) is 0 Å². The Labute approximate surface area is 109 Å². The van der Waals surface area contributed by atoms with E-state index in [0.717, 1.165) is 0 Å². The number of aromatic nitrogens is 4. The first kappa shape index (κ1) is 12.8. The smallest absolute Gasteiger partial charge is 0.270 e. The molecule has 1 aromatic heterocycles. The predicted molar refractivity (Wildman–Crippen MR) is 68.8 cm³/mol. The lowest BCUT2D eigenvalue weighted by atomic mass is 10.1. The molecule has 19 heavy (non-hydrogen) atoms. The minimum atomic E-state index is -0.399. The van der Waals surface area contributed by atoms with Crippen molar-refractivity contribution in [1.82, 2.24) is 20.2 Å². The van der Waals surface area contributed by atoms with Gasteiger partial charge in [-0.15, -0.1) is 5.10 Å². The summed E-state index contributed by atoms with van der Waals surface area (Å²) in [6, 6.07) is 4.96. The summed E-state index contributed by atoms with van der Waals surface area (Å²) >= 11 is 0. The maximum atomic E-state index is 12.1. The second-order valence-corrected chi connectivity index (χ2v) is 3.71. The second kappa shape index (κ2) is 5.34. The van der Waals surface area contributed by atoms with Crippen molar-refractivity contribution in [3.63, 3.8) is 0 Å². The van der Waals surface area contributed by atoms with Gasteiger partial charge in [-0.2, -0.15) is 4.80 Å². The molecule has 0 unspecified atom stereocenters. The number of aryl methyl sites for hydroxylation is 1. The van der Waals surface area contributed by atoms with Crippen molar-refractivity contribution >= 4 is 17.5 Å². The SMILES string of the molecule is CCOc1c(N)cccc1C(=O)Nc1nnn(C)n1. The highest BCUT2D eigenvalue weighted by atomic mass is 16.5. The molecule has 0 bridgehead atoms. The van der Waals surface area contributed by atoms with E-state index in [0.29, 0.717) is 23.6 Å². The standard InChI is InChI=1S/C11H14N6O2/c1-3-19-9-7(5-4-6-8(9)12)10(18)13-11-14-16-17(2)15-11/h4-6H,3,12H2,1-2H3,(H,13,15,18). The highest BCUT2D eigenvalue weighted by Gasteiger charge is 2.16. The van der Waals surface area contributed by atoms with Crippen LogP contribution in [0, 0.1) is 0 Å². The van der Waals surface area contributed by atoms with Crippen molar-refractivity contribution in [2.75, 3.05) is 17.7 Å². The molecule has 3 N–H and O–H groups in total. The summed E-state index contributed by atoms with van der Waals surface area (Å²) in [6.07, 6.45) is 0. The van der Waals surface area contributed by atoms with E-state index in [-0.39, 0.29) is 5.95 Å². The summed E-state index contributed by atoms with van der Waals surface area (Å²) < 4.78 is 5.38. The van der Waals surface area contributed by atoms with E-state index in [9.17, 15) is 4.79 Å². The number of nitrogen functional groups attached to an aromatic ring is 1. The van der Waals surface area contributed by atoms with Gasteiger partial charge in [0.25, 0.3) is 11.9 Å². The predicted octanol–water partition coefficient (Wildman–Crippen LogP) is 0.443. The number of carbonyl (C=O) groups excluding carboxylic acids is 1. The van der Waals surface area contributed by atoms with Crippen molar-refractivity contribution in [1.29, 1.82) is 0 Å².